The molecule has 0 spiro atoms. The van der Waals surface area contributed by atoms with Crippen molar-refractivity contribution in [3.63, 3.8) is 0 Å². The first-order valence-corrected chi connectivity index (χ1v) is 6.82. The molecular weight excluding hydrogens is 184 g/mol. The lowest BCUT2D eigenvalue weighted by atomic mass is 9.77. The summed E-state index contributed by atoms with van der Waals surface area (Å²) in [6, 6.07) is 0. The Morgan fingerprint density at radius 2 is 1.60 bits per heavy atom. The van der Waals surface area contributed by atoms with Crippen LogP contribution >= 0.6 is 0 Å². The number of hydrogen-bond donors (Lipinski definition) is 0. The minimum absolute atomic E-state index is 0.443. The zero-order valence-corrected chi connectivity index (χ0v) is 10.0. The van der Waals surface area contributed by atoms with Crippen LogP contribution in [0, 0.1) is 17.8 Å². The molecule has 86 valence electrons. The van der Waals surface area contributed by atoms with Crippen LogP contribution in [0.2, 0.25) is 0 Å². The van der Waals surface area contributed by atoms with Crippen molar-refractivity contribution in [3.8, 4) is 0 Å². The first-order valence-electron chi connectivity index (χ1n) is 6.82. The molecular formula is C14H24O. The number of ketones is 1. The van der Waals surface area contributed by atoms with Gasteiger partial charge in [0, 0.05) is 12.3 Å². The summed E-state index contributed by atoms with van der Waals surface area (Å²) in [6.45, 7) is 2.27. The summed E-state index contributed by atoms with van der Waals surface area (Å²) in [5, 5.41) is 0. The maximum absolute atomic E-state index is 11.9. The van der Waals surface area contributed by atoms with Crippen LogP contribution in [0.3, 0.4) is 0 Å². The summed E-state index contributed by atoms with van der Waals surface area (Å²) in [5.74, 6) is 2.75. The topological polar surface area (TPSA) is 17.1 Å². The minimum atomic E-state index is 0.443. The molecule has 0 aliphatic heterocycles. The molecule has 0 radical (unpaired) electrons. The fourth-order valence-corrected chi connectivity index (χ4v) is 2.95. The third-order valence-electron chi connectivity index (χ3n) is 4.19. The van der Waals surface area contributed by atoms with E-state index in [0.29, 0.717) is 11.7 Å². The summed E-state index contributed by atoms with van der Waals surface area (Å²) in [7, 11) is 0. The molecule has 2 saturated carbocycles. The zero-order valence-electron chi connectivity index (χ0n) is 10.0. The second-order valence-electron chi connectivity index (χ2n) is 5.62. The standard InChI is InChI=1S/C14H24O/c1-2-3-11-6-8-13(9-7-11)14(15)10-12-4-5-12/h11-13H,2-10H2,1H3. The monoisotopic (exact) mass is 208 g/mol. The second kappa shape index (κ2) is 5.14. The van der Waals surface area contributed by atoms with Gasteiger partial charge in [0.05, 0.1) is 0 Å². The molecule has 0 heterocycles. The van der Waals surface area contributed by atoms with Crippen LogP contribution in [0.4, 0.5) is 0 Å². The maximum Gasteiger partial charge on any atom is 0.136 e. The SMILES string of the molecule is CCCC1CCC(C(=O)CC2CC2)CC1. The van der Waals surface area contributed by atoms with Crippen molar-refractivity contribution in [1.82, 2.24) is 0 Å². The summed E-state index contributed by atoms with van der Waals surface area (Å²) in [6.07, 6.45) is 11.2. The van der Waals surface area contributed by atoms with Gasteiger partial charge in [-0.15, -0.1) is 0 Å². The highest BCUT2D eigenvalue weighted by atomic mass is 16.1. The van der Waals surface area contributed by atoms with Crippen LogP contribution in [-0.4, -0.2) is 5.78 Å². The molecule has 1 heteroatoms. The summed E-state index contributed by atoms with van der Waals surface area (Å²) in [5.41, 5.74) is 0. The third kappa shape index (κ3) is 3.32. The van der Waals surface area contributed by atoms with E-state index < -0.39 is 0 Å². The lowest BCUT2D eigenvalue weighted by Crippen LogP contribution is -2.22. The lowest BCUT2D eigenvalue weighted by Gasteiger charge is -2.27. The Balaban J connectivity index is 1.69. The Bertz CT molecular complexity index is 209. The number of carbonyl (C=O) groups excluding carboxylic acids is 1. The molecule has 0 amide bonds. The fraction of sp³-hybridized carbons (Fsp3) is 0.929. The van der Waals surface area contributed by atoms with Crippen LogP contribution < -0.4 is 0 Å². The largest absolute Gasteiger partial charge is 0.299 e. The molecule has 15 heavy (non-hydrogen) atoms. The average Bonchev–Trinajstić information content (AvgIpc) is 3.03. The predicted molar refractivity (Wildman–Crippen MR) is 62.7 cm³/mol. The Morgan fingerprint density at radius 1 is 1.00 bits per heavy atom. The van der Waals surface area contributed by atoms with E-state index in [9.17, 15) is 4.79 Å². The highest BCUT2D eigenvalue weighted by Gasteiger charge is 2.30. The van der Waals surface area contributed by atoms with Gasteiger partial charge >= 0.3 is 0 Å². The molecule has 0 saturated heterocycles. The van der Waals surface area contributed by atoms with E-state index in [2.05, 4.69) is 6.92 Å². The van der Waals surface area contributed by atoms with Gasteiger partial charge in [-0.3, -0.25) is 4.79 Å². The molecule has 1 nitrogen and oxygen atoms in total. The number of hydrogen-bond acceptors (Lipinski definition) is 1. The van der Waals surface area contributed by atoms with Crippen molar-refractivity contribution in [3.05, 3.63) is 0 Å². The Labute approximate surface area is 93.6 Å². The van der Waals surface area contributed by atoms with Crippen molar-refractivity contribution in [1.29, 1.82) is 0 Å². The molecule has 0 aromatic rings. The quantitative estimate of drug-likeness (QED) is 0.668. The van der Waals surface area contributed by atoms with Gasteiger partial charge in [-0.2, -0.15) is 0 Å². The fourth-order valence-electron chi connectivity index (χ4n) is 2.95. The number of Topliss-reactive ketones (excluding diaryl/α,β-unsaturated/α-hetero) is 1. The van der Waals surface area contributed by atoms with E-state index in [1.54, 1.807) is 0 Å². The van der Waals surface area contributed by atoms with Gasteiger partial charge in [-0.05, 0) is 50.4 Å². The van der Waals surface area contributed by atoms with Crippen LogP contribution in [0.5, 0.6) is 0 Å². The van der Waals surface area contributed by atoms with Crippen LogP contribution in [0.25, 0.3) is 0 Å². The van der Waals surface area contributed by atoms with E-state index in [1.165, 1.54) is 51.4 Å². The molecule has 2 fully saturated rings. The van der Waals surface area contributed by atoms with E-state index >= 15 is 0 Å². The summed E-state index contributed by atoms with van der Waals surface area (Å²) >= 11 is 0. The first-order chi connectivity index (χ1) is 7.29. The Kier molecular flexibility index (Phi) is 3.82. The minimum Gasteiger partial charge on any atom is -0.299 e. The molecule has 0 aromatic heterocycles. The van der Waals surface area contributed by atoms with Gasteiger partial charge in [-0.1, -0.05) is 19.8 Å². The highest BCUT2D eigenvalue weighted by Crippen LogP contribution is 2.37. The predicted octanol–water partition coefficient (Wildman–Crippen LogP) is 3.96. The van der Waals surface area contributed by atoms with E-state index in [0.717, 1.165) is 18.3 Å². The molecule has 2 rings (SSSR count). The lowest BCUT2D eigenvalue weighted by molar-refractivity contribution is -0.124. The highest BCUT2D eigenvalue weighted by molar-refractivity contribution is 5.81. The van der Waals surface area contributed by atoms with Gasteiger partial charge in [0.1, 0.15) is 5.78 Å². The average molecular weight is 208 g/mol. The smallest absolute Gasteiger partial charge is 0.136 e. The molecule has 0 N–H and O–H groups in total. The first kappa shape index (κ1) is 11.2. The van der Waals surface area contributed by atoms with Crippen LogP contribution in [0.15, 0.2) is 0 Å². The summed E-state index contributed by atoms with van der Waals surface area (Å²) in [4.78, 5) is 11.9. The normalized spacial score (nSPS) is 31.5. The third-order valence-corrected chi connectivity index (χ3v) is 4.19. The van der Waals surface area contributed by atoms with Gasteiger partial charge in [0.2, 0.25) is 0 Å². The van der Waals surface area contributed by atoms with Crippen molar-refractivity contribution < 1.29 is 4.79 Å². The van der Waals surface area contributed by atoms with E-state index in [4.69, 9.17) is 0 Å². The van der Waals surface area contributed by atoms with Crippen molar-refractivity contribution >= 4 is 5.78 Å². The molecule has 0 unspecified atom stereocenters. The Hall–Kier alpha value is -0.330. The molecule has 0 atom stereocenters. The van der Waals surface area contributed by atoms with E-state index in [-0.39, 0.29) is 0 Å². The van der Waals surface area contributed by atoms with Gasteiger partial charge in [0.25, 0.3) is 0 Å². The second-order valence-corrected chi connectivity index (χ2v) is 5.62. The van der Waals surface area contributed by atoms with Crippen molar-refractivity contribution in [2.45, 2.75) is 64.7 Å². The van der Waals surface area contributed by atoms with Crippen LogP contribution in [0.1, 0.15) is 64.7 Å². The van der Waals surface area contributed by atoms with Crippen LogP contribution in [-0.2, 0) is 4.79 Å². The molecule has 0 aromatic carbocycles. The van der Waals surface area contributed by atoms with E-state index in [1.807, 2.05) is 0 Å². The maximum atomic E-state index is 11.9. The Morgan fingerprint density at radius 3 is 2.13 bits per heavy atom. The zero-order chi connectivity index (χ0) is 10.7. The van der Waals surface area contributed by atoms with Gasteiger partial charge in [-0.25, -0.2) is 0 Å². The van der Waals surface area contributed by atoms with Crippen molar-refractivity contribution in [2.75, 3.05) is 0 Å². The van der Waals surface area contributed by atoms with Crippen molar-refractivity contribution in [2.24, 2.45) is 17.8 Å². The van der Waals surface area contributed by atoms with Gasteiger partial charge < -0.3 is 0 Å². The van der Waals surface area contributed by atoms with Gasteiger partial charge in [0.15, 0.2) is 0 Å². The molecule has 0 bridgehead atoms. The number of rotatable bonds is 5. The molecule has 2 aliphatic rings. The summed E-state index contributed by atoms with van der Waals surface area (Å²) < 4.78 is 0. The number of carbonyl (C=O) groups is 1. The molecule has 2 aliphatic carbocycles.